The molecule has 0 saturated carbocycles. The van der Waals surface area contributed by atoms with Crippen molar-refractivity contribution in [3.63, 3.8) is 0 Å². The van der Waals surface area contributed by atoms with Gasteiger partial charge in [-0.1, -0.05) is 6.92 Å². The molecule has 2 nitrogen and oxygen atoms in total. The molecule has 1 aromatic rings. The third kappa shape index (κ3) is 2.91. The SMILES string of the molecule is CCSc1ccc(C(F)(F)F)cc1C(=O)O. The summed E-state index contributed by atoms with van der Waals surface area (Å²) in [6, 6.07) is 2.76. The van der Waals surface area contributed by atoms with Gasteiger partial charge in [-0.2, -0.15) is 13.2 Å². The van der Waals surface area contributed by atoms with E-state index in [1.54, 1.807) is 6.92 Å². The second-order valence-electron chi connectivity index (χ2n) is 2.95. The Hall–Kier alpha value is -1.17. The molecule has 0 fully saturated rings. The van der Waals surface area contributed by atoms with Crippen LogP contribution in [0, 0.1) is 0 Å². The Labute approximate surface area is 94.5 Å². The van der Waals surface area contributed by atoms with Crippen molar-refractivity contribution in [3.05, 3.63) is 29.3 Å². The van der Waals surface area contributed by atoms with Crippen molar-refractivity contribution in [2.24, 2.45) is 0 Å². The van der Waals surface area contributed by atoms with Gasteiger partial charge in [-0.3, -0.25) is 0 Å². The Balaban J connectivity index is 3.23. The molecule has 0 bridgehead atoms. The van der Waals surface area contributed by atoms with Gasteiger partial charge in [-0.15, -0.1) is 11.8 Å². The zero-order valence-corrected chi connectivity index (χ0v) is 9.15. The molecule has 16 heavy (non-hydrogen) atoms. The van der Waals surface area contributed by atoms with Crippen LogP contribution in [0.25, 0.3) is 0 Å². The number of aromatic carboxylic acids is 1. The number of thioether (sulfide) groups is 1. The fraction of sp³-hybridized carbons (Fsp3) is 0.300. The van der Waals surface area contributed by atoms with Crippen molar-refractivity contribution in [1.82, 2.24) is 0 Å². The van der Waals surface area contributed by atoms with Gasteiger partial charge in [0.1, 0.15) is 0 Å². The molecular weight excluding hydrogens is 241 g/mol. The Morgan fingerprint density at radius 1 is 1.44 bits per heavy atom. The summed E-state index contributed by atoms with van der Waals surface area (Å²) in [5.41, 5.74) is -1.24. The molecule has 0 radical (unpaired) electrons. The number of benzene rings is 1. The average Bonchev–Trinajstić information content (AvgIpc) is 2.16. The fourth-order valence-electron chi connectivity index (χ4n) is 1.15. The topological polar surface area (TPSA) is 37.3 Å². The zero-order valence-electron chi connectivity index (χ0n) is 8.34. The average molecular weight is 250 g/mol. The van der Waals surface area contributed by atoms with E-state index in [0.717, 1.165) is 6.07 Å². The largest absolute Gasteiger partial charge is 0.478 e. The van der Waals surface area contributed by atoms with Gasteiger partial charge < -0.3 is 5.11 Å². The van der Waals surface area contributed by atoms with E-state index in [1.807, 2.05) is 0 Å². The van der Waals surface area contributed by atoms with Crippen LogP contribution in [0.1, 0.15) is 22.8 Å². The number of alkyl halides is 3. The second kappa shape index (κ2) is 4.78. The lowest BCUT2D eigenvalue weighted by molar-refractivity contribution is -0.137. The second-order valence-corrected chi connectivity index (χ2v) is 4.25. The van der Waals surface area contributed by atoms with Crippen LogP contribution >= 0.6 is 11.8 Å². The van der Waals surface area contributed by atoms with Gasteiger partial charge in [0.05, 0.1) is 11.1 Å². The third-order valence-electron chi connectivity index (χ3n) is 1.84. The Morgan fingerprint density at radius 3 is 2.50 bits per heavy atom. The first-order valence-electron chi connectivity index (χ1n) is 4.43. The van der Waals surface area contributed by atoms with Crippen LogP contribution in [0.2, 0.25) is 0 Å². The van der Waals surface area contributed by atoms with E-state index in [1.165, 1.54) is 17.8 Å². The molecule has 1 aromatic carbocycles. The summed E-state index contributed by atoms with van der Waals surface area (Å²) < 4.78 is 37.0. The molecule has 0 spiro atoms. The predicted molar refractivity (Wildman–Crippen MR) is 54.8 cm³/mol. The van der Waals surface area contributed by atoms with Crippen molar-refractivity contribution >= 4 is 17.7 Å². The van der Waals surface area contributed by atoms with E-state index in [9.17, 15) is 18.0 Å². The molecule has 0 aliphatic rings. The van der Waals surface area contributed by atoms with Crippen molar-refractivity contribution in [3.8, 4) is 0 Å². The lowest BCUT2D eigenvalue weighted by Crippen LogP contribution is -2.08. The smallest absolute Gasteiger partial charge is 0.416 e. The van der Waals surface area contributed by atoms with E-state index in [-0.39, 0.29) is 5.56 Å². The molecule has 0 aromatic heterocycles. The molecular formula is C10H9F3O2S. The van der Waals surface area contributed by atoms with Crippen molar-refractivity contribution < 1.29 is 23.1 Å². The summed E-state index contributed by atoms with van der Waals surface area (Å²) in [6.45, 7) is 1.80. The summed E-state index contributed by atoms with van der Waals surface area (Å²) in [7, 11) is 0. The van der Waals surface area contributed by atoms with Crippen molar-refractivity contribution in [2.75, 3.05) is 5.75 Å². The first-order valence-corrected chi connectivity index (χ1v) is 5.42. The van der Waals surface area contributed by atoms with Gasteiger partial charge in [0.15, 0.2) is 0 Å². The Bertz CT molecular complexity index is 402. The number of carbonyl (C=O) groups is 1. The van der Waals surface area contributed by atoms with E-state index in [4.69, 9.17) is 5.11 Å². The minimum atomic E-state index is -4.51. The molecule has 88 valence electrons. The molecule has 1 N–H and O–H groups in total. The van der Waals surface area contributed by atoms with Gasteiger partial charge in [-0.25, -0.2) is 4.79 Å². The highest BCUT2D eigenvalue weighted by atomic mass is 32.2. The fourth-order valence-corrected chi connectivity index (χ4v) is 1.93. The number of carboxylic acids is 1. The first-order chi connectivity index (χ1) is 7.36. The maximum absolute atomic E-state index is 12.3. The number of rotatable bonds is 3. The normalized spacial score (nSPS) is 11.5. The molecule has 0 heterocycles. The lowest BCUT2D eigenvalue weighted by atomic mass is 10.1. The first kappa shape index (κ1) is 12.9. The molecule has 1 rings (SSSR count). The minimum absolute atomic E-state index is 0.304. The minimum Gasteiger partial charge on any atom is -0.478 e. The molecule has 0 amide bonds. The predicted octanol–water partition coefficient (Wildman–Crippen LogP) is 3.52. The third-order valence-corrected chi connectivity index (χ3v) is 2.79. The summed E-state index contributed by atoms with van der Waals surface area (Å²) in [4.78, 5) is 11.1. The van der Waals surface area contributed by atoms with Crippen molar-refractivity contribution in [2.45, 2.75) is 18.0 Å². The summed E-state index contributed by atoms with van der Waals surface area (Å²) in [6.07, 6.45) is -4.51. The maximum atomic E-state index is 12.3. The molecule has 0 atom stereocenters. The van der Waals surface area contributed by atoms with Crippen molar-refractivity contribution in [1.29, 1.82) is 0 Å². The van der Waals surface area contributed by atoms with E-state index in [2.05, 4.69) is 0 Å². The molecule has 6 heteroatoms. The van der Waals surface area contributed by atoms with Gasteiger partial charge in [-0.05, 0) is 24.0 Å². The summed E-state index contributed by atoms with van der Waals surface area (Å²) >= 11 is 1.20. The Morgan fingerprint density at radius 2 is 2.06 bits per heavy atom. The highest BCUT2D eigenvalue weighted by molar-refractivity contribution is 7.99. The number of hydrogen-bond acceptors (Lipinski definition) is 2. The van der Waals surface area contributed by atoms with Gasteiger partial charge in [0.2, 0.25) is 0 Å². The molecule has 0 aliphatic heterocycles. The van der Waals surface area contributed by atoms with Gasteiger partial charge in [0, 0.05) is 4.90 Å². The standard InChI is InChI=1S/C10H9F3O2S/c1-2-16-8-4-3-6(10(11,12)13)5-7(8)9(14)15/h3-5H,2H2,1H3,(H,14,15). The van der Waals surface area contributed by atoms with Crippen LogP contribution in [-0.4, -0.2) is 16.8 Å². The molecule has 0 unspecified atom stereocenters. The molecule has 0 saturated heterocycles. The van der Waals surface area contributed by atoms with E-state index in [0.29, 0.717) is 16.7 Å². The summed E-state index contributed by atoms with van der Waals surface area (Å²) in [5, 5.41) is 8.80. The quantitative estimate of drug-likeness (QED) is 0.834. The lowest BCUT2D eigenvalue weighted by Gasteiger charge is -2.10. The van der Waals surface area contributed by atoms with Crippen LogP contribution in [-0.2, 0) is 6.18 Å². The highest BCUT2D eigenvalue weighted by Crippen LogP contribution is 2.33. The van der Waals surface area contributed by atoms with Crippen LogP contribution in [0.5, 0.6) is 0 Å². The summed E-state index contributed by atoms with van der Waals surface area (Å²) in [5.74, 6) is -0.743. The number of hydrogen-bond donors (Lipinski definition) is 1. The van der Waals surface area contributed by atoms with Crippen LogP contribution in [0.15, 0.2) is 23.1 Å². The monoisotopic (exact) mass is 250 g/mol. The molecule has 0 aliphatic carbocycles. The number of halogens is 3. The maximum Gasteiger partial charge on any atom is 0.416 e. The van der Waals surface area contributed by atoms with E-state index < -0.39 is 17.7 Å². The van der Waals surface area contributed by atoms with Crippen LogP contribution in [0.3, 0.4) is 0 Å². The van der Waals surface area contributed by atoms with Crippen LogP contribution < -0.4 is 0 Å². The zero-order chi connectivity index (χ0) is 12.3. The highest BCUT2D eigenvalue weighted by Gasteiger charge is 2.31. The number of carboxylic acid groups (broad SMARTS) is 1. The van der Waals surface area contributed by atoms with Crippen LogP contribution in [0.4, 0.5) is 13.2 Å². The van der Waals surface area contributed by atoms with Gasteiger partial charge in [0.25, 0.3) is 0 Å². The van der Waals surface area contributed by atoms with Gasteiger partial charge >= 0.3 is 12.1 Å². The van der Waals surface area contributed by atoms with E-state index >= 15 is 0 Å². The Kier molecular flexibility index (Phi) is 3.85.